The number of rotatable bonds is 6. The summed E-state index contributed by atoms with van der Waals surface area (Å²) < 4.78 is 21.9. The maximum absolute atomic E-state index is 14.0. The van der Waals surface area contributed by atoms with Gasteiger partial charge in [0.05, 0.1) is 18.5 Å². The van der Waals surface area contributed by atoms with Crippen LogP contribution < -0.4 is 0 Å². The quantitative estimate of drug-likeness (QED) is 0.816. The molecule has 0 saturated heterocycles. The maximum Gasteiger partial charge on any atom is 0.127 e. The van der Waals surface area contributed by atoms with Gasteiger partial charge >= 0.3 is 0 Å². The molecule has 0 spiro atoms. The summed E-state index contributed by atoms with van der Waals surface area (Å²) in [6.45, 7) is 3.91. The maximum atomic E-state index is 14.0. The number of aryl methyl sites for hydroxylation is 1. The molecular formula is C19H24FN3O. The van der Waals surface area contributed by atoms with Crippen LogP contribution >= 0.6 is 0 Å². The molecule has 1 saturated carbocycles. The van der Waals surface area contributed by atoms with Crippen molar-refractivity contribution in [2.24, 2.45) is 13.0 Å². The Balaban J connectivity index is 1.48. The molecule has 4 nitrogen and oxygen atoms in total. The van der Waals surface area contributed by atoms with Gasteiger partial charge in [-0.05, 0) is 24.8 Å². The van der Waals surface area contributed by atoms with Crippen LogP contribution in [-0.2, 0) is 24.9 Å². The van der Waals surface area contributed by atoms with Crippen LogP contribution in [0.4, 0.5) is 4.39 Å². The van der Waals surface area contributed by atoms with Gasteiger partial charge in [0, 0.05) is 50.3 Å². The number of halogens is 1. The molecule has 1 aliphatic carbocycles. The van der Waals surface area contributed by atoms with Gasteiger partial charge in [-0.3, -0.25) is 9.58 Å². The Morgan fingerprint density at radius 3 is 2.88 bits per heavy atom. The largest absolute Gasteiger partial charge is 0.380 e. The zero-order valence-corrected chi connectivity index (χ0v) is 14.1. The van der Waals surface area contributed by atoms with Crippen molar-refractivity contribution < 1.29 is 9.13 Å². The minimum Gasteiger partial charge on any atom is -0.380 e. The summed E-state index contributed by atoms with van der Waals surface area (Å²) in [7, 11) is 1.98. The van der Waals surface area contributed by atoms with Crippen molar-refractivity contribution in [3.8, 4) is 0 Å². The average molecular weight is 329 g/mol. The molecule has 0 amide bonds. The second-order valence-electron chi connectivity index (χ2n) is 7.11. The van der Waals surface area contributed by atoms with E-state index < -0.39 is 0 Å². The molecule has 1 atom stereocenters. The van der Waals surface area contributed by atoms with Gasteiger partial charge in [-0.1, -0.05) is 18.2 Å². The number of nitrogens with zero attached hydrogens (tertiary/aromatic N) is 3. The van der Waals surface area contributed by atoms with Crippen LogP contribution in [-0.4, -0.2) is 34.4 Å². The molecule has 1 unspecified atom stereocenters. The van der Waals surface area contributed by atoms with E-state index in [0.29, 0.717) is 12.5 Å². The number of benzene rings is 1. The molecule has 0 radical (unpaired) electrons. The predicted molar refractivity (Wildman–Crippen MR) is 90.0 cm³/mol. The second kappa shape index (κ2) is 6.65. The highest BCUT2D eigenvalue weighted by atomic mass is 19.1. The second-order valence-corrected chi connectivity index (χ2v) is 7.11. The monoisotopic (exact) mass is 329 g/mol. The summed E-state index contributed by atoms with van der Waals surface area (Å²) in [5.74, 6) is 0.958. The Kier molecular flexibility index (Phi) is 4.37. The van der Waals surface area contributed by atoms with E-state index in [1.165, 1.54) is 30.2 Å². The highest BCUT2D eigenvalue weighted by molar-refractivity contribution is 5.26. The number of aromatic nitrogens is 2. The van der Waals surface area contributed by atoms with Crippen LogP contribution in [0.25, 0.3) is 0 Å². The van der Waals surface area contributed by atoms with Crippen LogP contribution in [0.3, 0.4) is 0 Å². The van der Waals surface area contributed by atoms with E-state index in [9.17, 15) is 4.39 Å². The smallest absolute Gasteiger partial charge is 0.127 e. The zero-order chi connectivity index (χ0) is 16.5. The van der Waals surface area contributed by atoms with Crippen molar-refractivity contribution in [1.29, 1.82) is 0 Å². The predicted octanol–water partition coefficient (Wildman–Crippen LogP) is 3.09. The molecular weight excluding hydrogens is 305 g/mol. The standard InChI is InChI=1S/C19H24FN3O/c1-22-19-11-23(9-15-4-2-3-5-18(15)20)10-16(17(19)8-21-22)13-24-12-14-6-7-14/h2-5,8,14,16H,6-7,9-13H2,1H3. The summed E-state index contributed by atoms with van der Waals surface area (Å²) in [5, 5.41) is 4.42. The first kappa shape index (κ1) is 15.8. The van der Waals surface area contributed by atoms with Gasteiger partial charge in [0.25, 0.3) is 0 Å². The molecule has 1 aliphatic heterocycles. The van der Waals surface area contributed by atoms with Gasteiger partial charge in [-0.25, -0.2) is 4.39 Å². The number of fused-ring (bicyclic) bond motifs is 1. The van der Waals surface area contributed by atoms with Crippen molar-refractivity contribution >= 4 is 0 Å². The van der Waals surface area contributed by atoms with Crippen molar-refractivity contribution in [2.45, 2.75) is 31.8 Å². The lowest BCUT2D eigenvalue weighted by atomic mass is 9.95. The molecule has 5 heteroatoms. The van der Waals surface area contributed by atoms with E-state index in [-0.39, 0.29) is 5.82 Å². The fraction of sp³-hybridized carbons (Fsp3) is 0.526. The zero-order valence-electron chi connectivity index (χ0n) is 14.1. The van der Waals surface area contributed by atoms with Crippen molar-refractivity contribution in [3.63, 3.8) is 0 Å². The molecule has 1 fully saturated rings. The molecule has 4 rings (SSSR count). The first-order valence-electron chi connectivity index (χ1n) is 8.75. The normalized spacial score (nSPS) is 21.0. The summed E-state index contributed by atoms with van der Waals surface area (Å²) in [4.78, 5) is 2.30. The van der Waals surface area contributed by atoms with Gasteiger partial charge in [0.2, 0.25) is 0 Å². The van der Waals surface area contributed by atoms with Gasteiger partial charge in [0.1, 0.15) is 5.82 Å². The Bertz CT molecular complexity index is 710. The molecule has 128 valence electrons. The number of hydrogen-bond donors (Lipinski definition) is 0. The Morgan fingerprint density at radius 2 is 2.08 bits per heavy atom. The first-order chi connectivity index (χ1) is 11.7. The molecule has 24 heavy (non-hydrogen) atoms. The molecule has 2 aliphatic rings. The topological polar surface area (TPSA) is 30.3 Å². The Hall–Kier alpha value is -1.72. The van der Waals surface area contributed by atoms with Crippen LogP contribution in [0.5, 0.6) is 0 Å². The lowest BCUT2D eigenvalue weighted by Crippen LogP contribution is -2.35. The van der Waals surface area contributed by atoms with Gasteiger partial charge in [-0.2, -0.15) is 5.10 Å². The first-order valence-corrected chi connectivity index (χ1v) is 8.75. The van der Waals surface area contributed by atoms with Gasteiger partial charge in [0.15, 0.2) is 0 Å². The molecule has 2 aromatic rings. The molecule has 1 aromatic carbocycles. The third kappa shape index (κ3) is 3.37. The summed E-state index contributed by atoms with van der Waals surface area (Å²) >= 11 is 0. The third-order valence-corrected chi connectivity index (χ3v) is 5.11. The summed E-state index contributed by atoms with van der Waals surface area (Å²) in [6.07, 6.45) is 4.59. The van der Waals surface area contributed by atoms with E-state index in [0.717, 1.165) is 37.8 Å². The highest BCUT2D eigenvalue weighted by Crippen LogP contribution is 2.32. The lowest BCUT2D eigenvalue weighted by Gasteiger charge is -2.33. The van der Waals surface area contributed by atoms with Crippen LogP contribution in [0.2, 0.25) is 0 Å². The Labute approximate surface area is 142 Å². The van der Waals surface area contributed by atoms with E-state index in [2.05, 4.69) is 10.00 Å². The number of hydrogen-bond acceptors (Lipinski definition) is 3. The van der Waals surface area contributed by atoms with E-state index >= 15 is 0 Å². The minimum atomic E-state index is -0.130. The Morgan fingerprint density at radius 1 is 1.25 bits per heavy atom. The molecule has 0 N–H and O–H groups in total. The molecule has 2 heterocycles. The van der Waals surface area contributed by atoms with Crippen LogP contribution in [0.15, 0.2) is 30.5 Å². The fourth-order valence-electron chi connectivity index (χ4n) is 3.49. The summed E-state index contributed by atoms with van der Waals surface area (Å²) in [5.41, 5.74) is 3.26. The summed E-state index contributed by atoms with van der Waals surface area (Å²) in [6, 6.07) is 7.04. The average Bonchev–Trinajstić information content (AvgIpc) is 3.33. The van der Waals surface area contributed by atoms with Crippen LogP contribution in [0, 0.1) is 11.7 Å². The third-order valence-electron chi connectivity index (χ3n) is 5.11. The minimum absolute atomic E-state index is 0.130. The van der Waals surface area contributed by atoms with E-state index in [1.807, 2.05) is 30.1 Å². The highest BCUT2D eigenvalue weighted by Gasteiger charge is 2.29. The molecule has 1 aromatic heterocycles. The van der Waals surface area contributed by atoms with Gasteiger partial charge in [-0.15, -0.1) is 0 Å². The SMILES string of the molecule is Cn1ncc2c1CN(Cc1ccccc1F)CC2COCC1CC1. The van der Waals surface area contributed by atoms with Crippen LogP contribution in [0.1, 0.15) is 35.6 Å². The van der Waals surface area contributed by atoms with Crippen molar-refractivity contribution in [3.05, 3.63) is 53.1 Å². The number of ether oxygens (including phenoxy) is 1. The van der Waals surface area contributed by atoms with Gasteiger partial charge < -0.3 is 4.74 Å². The van der Waals surface area contributed by atoms with Crippen molar-refractivity contribution in [2.75, 3.05) is 19.8 Å². The van der Waals surface area contributed by atoms with E-state index in [1.54, 1.807) is 6.07 Å². The van der Waals surface area contributed by atoms with Crippen molar-refractivity contribution in [1.82, 2.24) is 14.7 Å². The van der Waals surface area contributed by atoms with E-state index in [4.69, 9.17) is 4.74 Å². The molecule has 0 bridgehead atoms. The fourth-order valence-corrected chi connectivity index (χ4v) is 3.49. The lowest BCUT2D eigenvalue weighted by molar-refractivity contribution is 0.0883.